The van der Waals surface area contributed by atoms with Gasteiger partial charge in [0.1, 0.15) is 5.15 Å². The first kappa shape index (κ1) is 11.7. The fraction of sp³-hybridized carbons (Fsp3) is 0.583. The minimum atomic E-state index is 0.157. The predicted molar refractivity (Wildman–Crippen MR) is 65.9 cm³/mol. The van der Waals surface area contributed by atoms with Crippen LogP contribution in [0.5, 0.6) is 0 Å². The van der Waals surface area contributed by atoms with E-state index in [1.54, 1.807) is 13.3 Å². The third kappa shape index (κ3) is 2.02. The second kappa shape index (κ2) is 4.22. The summed E-state index contributed by atoms with van der Waals surface area (Å²) in [7, 11) is 1.77. The summed E-state index contributed by atoms with van der Waals surface area (Å²) < 4.78 is 5.41. The van der Waals surface area contributed by atoms with Crippen molar-refractivity contribution >= 4 is 17.3 Å². The van der Waals surface area contributed by atoms with E-state index in [9.17, 15) is 0 Å². The molecule has 1 aromatic heterocycles. The number of aromatic nitrogens is 1. The Morgan fingerprint density at radius 3 is 2.88 bits per heavy atom. The molecule has 3 nitrogen and oxygen atoms in total. The zero-order chi connectivity index (χ0) is 11.8. The maximum atomic E-state index is 5.84. The number of halogens is 1. The minimum absolute atomic E-state index is 0.157. The highest BCUT2D eigenvalue weighted by Gasteiger charge is 2.48. The van der Waals surface area contributed by atoms with Crippen LogP contribution in [0.2, 0.25) is 5.15 Å². The van der Waals surface area contributed by atoms with E-state index in [0.29, 0.717) is 17.3 Å². The summed E-state index contributed by atoms with van der Waals surface area (Å²) in [5, 5.41) is 3.99. The average Bonchev–Trinajstić information content (AvgIpc) is 2.23. The molecule has 1 aromatic rings. The van der Waals surface area contributed by atoms with Gasteiger partial charge < -0.3 is 10.1 Å². The monoisotopic (exact) mass is 240 g/mol. The topological polar surface area (TPSA) is 34.1 Å². The lowest BCUT2D eigenvalue weighted by Crippen LogP contribution is -2.57. The molecule has 1 aliphatic rings. The van der Waals surface area contributed by atoms with E-state index in [2.05, 4.69) is 24.1 Å². The van der Waals surface area contributed by atoms with Crippen molar-refractivity contribution in [3.63, 3.8) is 0 Å². The van der Waals surface area contributed by atoms with E-state index in [1.807, 2.05) is 12.1 Å². The zero-order valence-electron chi connectivity index (χ0n) is 9.83. The highest BCUT2D eigenvalue weighted by Crippen LogP contribution is 2.44. The SMILES string of the molecule is COC1CC(Nc2ccnc(Cl)c2)C1(C)C. The fourth-order valence-electron chi connectivity index (χ4n) is 2.22. The molecule has 88 valence electrons. The number of hydrogen-bond acceptors (Lipinski definition) is 3. The number of anilines is 1. The van der Waals surface area contributed by atoms with Crippen LogP contribution in [0.15, 0.2) is 18.3 Å². The smallest absolute Gasteiger partial charge is 0.131 e. The van der Waals surface area contributed by atoms with E-state index in [0.717, 1.165) is 12.1 Å². The molecule has 1 fully saturated rings. The maximum absolute atomic E-state index is 5.84. The van der Waals surface area contributed by atoms with Gasteiger partial charge in [0.15, 0.2) is 0 Å². The summed E-state index contributed by atoms with van der Waals surface area (Å²) in [6.07, 6.45) is 3.08. The van der Waals surface area contributed by atoms with E-state index in [1.165, 1.54) is 0 Å². The molecule has 0 bridgehead atoms. The molecule has 0 amide bonds. The summed E-state index contributed by atoms with van der Waals surface area (Å²) in [6, 6.07) is 4.20. The Kier molecular flexibility index (Phi) is 3.08. The molecule has 4 heteroatoms. The van der Waals surface area contributed by atoms with Crippen LogP contribution >= 0.6 is 11.6 Å². The molecular formula is C12H17ClN2O. The van der Waals surface area contributed by atoms with E-state index >= 15 is 0 Å². The Morgan fingerprint density at radius 1 is 1.56 bits per heavy atom. The molecule has 0 aliphatic heterocycles. The van der Waals surface area contributed by atoms with Crippen LogP contribution in [0, 0.1) is 5.41 Å². The van der Waals surface area contributed by atoms with Gasteiger partial charge in [0.25, 0.3) is 0 Å². The molecule has 1 N–H and O–H groups in total. The second-order valence-corrected chi connectivity index (χ2v) is 5.23. The lowest BCUT2D eigenvalue weighted by molar-refractivity contribution is -0.0794. The first-order chi connectivity index (χ1) is 7.54. The van der Waals surface area contributed by atoms with Gasteiger partial charge in [0.2, 0.25) is 0 Å². The Balaban J connectivity index is 2.02. The van der Waals surface area contributed by atoms with Crippen LogP contribution < -0.4 is 5.32 Å². The number of rotatable bonds is 3. The molecule has 2 atom stereocenters. The first-order valence-electron chi connectivity index (χ1n) is 5.45. The highest BCUT2D eigenvalue weighted by molar-refractivity contribution is 6.29. The Morgan fingerprint density at radius 2 is 2.31 bits per heavy atom. The second-order valence-electron chi connectivity index (χ2n) is 4.85. The van der Waals surface area contributed by atoms with Crippen LogP contribution in [0.3, 0.4) is 0 Å². The van der Waals surface area contributed by atoms with E-state index in [-0.39, 0.29) is 5.41 Å². The molecule has 0 saturated heterocycles. The van der Waals surface area contributed by atoms with Gasteiger partial charge >= 0.3 is 0 Å². The van der Waals surface area contributed by atoms with E-state index in [4.69, 9.17) is 16.3 Å². The van der Waals surface area contributed by atoms with Crippen LogP contribution in [-0.4, -0.2) is 24.2 Å². The van der Waals surface area contributed by atoms with Crippen LogP contribution in [0.25, 0.3) is 0 Å². The van der Waals surface area contributed by atoms with Crippen molar-refractivity contribution in [3.8, 4) is 0 Å². The number of nitrogens with one attached hydrogen (secondary N) is 1. The molecule has 1 saturated carbocycles. The van der Waals surface area contributed by atoms with Gasteiger partial charge in [-0.1, -0.05) is 25.4 Å². The molecule has 0 radical (unpaired) electrons. The summed E-state index contributed by atoms with van der Waals surface area (Å²) >= 11 is 5.84. The summed E-state index contributed by atoms with van der Waals surface area (Å²) in [5.41, 5.74) is 1.18. The van der Waals surface area contributed by atoms with Gasteiger partial charge in [0, 0.05) is 30.5 Å². The minimum Gasteiger partial charge on any atom is -0.381 e. The standard InChI is InChI=1S/C12H17ClN2O/c1-12(2)9(7-10(12)16-3)15-8-4-5-14-11(13)6-8/h4-6,9-10H,7H2,1-3H3,(H,14,15). The number of methoxy groups -OCH3 is 1. The van der Waals surface area contributed by atoms with Crippen molar-refractivity contribution in [3.05, 3.63) is 23.5 Å². The van der Waals surface area contributed by atoms with Crippen molar-refractivity contribution in [1.82, 2.24) is 4.98 Å². The molecule has 2 rings (SSSR count). The predicted octanol–water partition coefficient (Wildman–Crippen LogP) is 2.96. The van der Waals surface area contributed by atoms with Crippen molar-refractivity contribution in [1.29, 1.82) is 0 Å². The quantitative estimate of drug-likeness (QED) is 0.825. The lowest BCUT2D eigenvalue weighted by Gasteiger charge is -2.51. The largest absolute Gasteiger partial charge is 0.381 e. The molecule has 0 aromatic carbocycles. The highest BCUT2D eigenvalue weighted by atomic mass is 35.5. The lowest BCUT2D eigenvalue weighted by atomic mass is 9.64. The van der Waals surface area contributed by atoms with Gasteiger partial charge in [-0.15, -0.1) is 0 Å². The van der Waals surface area contributed by atoms with Crippen molar-refractivity contribution in [2.45, 2.75) is 32.4 Å². The van der Waals surface area contributed by atoms with Crippen molar-refractivity contribution in [2.24, 2.45) is 5.41 Å². The Hall–Kier alpha value is -0.800. The van der Waals surface area contributed by atoms with E-state index < -0.39 is 0 Å². The van der Waals surface area contributed by atoms with Gasteiger partial charge in [-0.3, -0.25) is 0 Å². The third-order valence-corrected chi connectivity index (χ3v) is 3.74. The molecule has 16 heavy (non-hydrogen) atoms. The molecular weight excluding hydrogens is 224 g/mol. The summed E-state index contributed by atoms with van der Waals surface area (Å²) in [5.74, 6) is 0. The molecule has 2 unspecified atom stereocenters. The van der Waals surface area contributed by atoms with Crippen LogP contribution in [0.1, 0.15) is 20.3 Å². The normalized spacial score (nSPS) is 27.2. The number of ether oxygens (including phenoxy) is 1. The molecule has 1 aliphatic carbocycles. The van der Waals surface area contributed by atoms with Crippen LogP contribution in [-0.2, 0) is 4.74 Å². The zero-order valence-corrected chi connectivity index (χ0v) is 10.6. The van der Waals surface area contributed by atoms with Gasteiger partial charge in [-0.25, -0.2) is 4.98 Å². The Labute approximate surface area is 101 Å². The van der Waals surface area contributed by atoms with Gasteiger partial charge in [-0.05, 0) is 18.6 Å². The Bertz CT molecular complexity index is 381. The summed E-state index contributed by atoms with van der Waals surface area (Å²) in [4.78, 5) is 3.96. The summed E-state index contributed by atoms with van der Waals surface area (Å²) in [6.45, 7) is 4.43. The average molecular weight is 241 g/mol. The van der Waals surface area contributed by atoms with Crippen molar-refractivity contribution < 1.29 is 4.74 Å². The maximum Gasteiger partial charge on any atom is 0.131 e. The molecule has 0 spiro atoms. The van der Waals surface area contributed by atoms with Gasteiger partial charge in [-0.2, -0.15) is 0 Å². The van der Waals surface area contributed by atoms with Crippen LogP contribution in [0.4, 0.5) is 5.69 Å². The first-order valence-corrected chi connectivity index (χ1v) is 5.82. The van der Waals surface area contributed by atoms with Crippen molar-refractivity contribution in [2.75, 3.05) is 12.4 Å². The van der Waals surface area contributed by atoms with Gasteiger partial charge in [0.05, 0.1) is 6.10 Å². The number of nitrogens with zero attached hydrogens (tertiary/aromatic N) is 1. The molecule has 1 heterocycles. The fourth-order valence-corrected chi connectivity index (χ4v) is 2.40. The number of pyridine rings is 1. The number of hydrogen-bond donors (Lipinski definition) is 1. The third-order valence-electron chi connectivity index (χ3n) is 3.53.